The van der Waals surface area contributed by atoms with E-state index in [1.807, 2.05) is 31.2 Å². The second kappa shape index (κ2) is 9.74. The minimum Gasteiger partial charge on any atom is -0.411 e. The van der Waals surface area contributed by atoms with Crippen molar-refractivity contribution in [3.63, 3.8) is 0 Å². The Kier molecular flexibility index (Phi) is 7.09. The molecule has 0 saturated carbocycles. The maximum Gasteiger partial charge on any atom is 0.277 e. The van der Waals surface area contributed by atoms with Crippen molar-refractivity contribution in [2.24, 2.45) is 5.92 Å². The van der Waals surface area contributed by atoms with Crippen LogP contribution in [0.5, 0.6) is 0 Å². The first-order chi connectivity index (χ1) is 14.0. The number of amides is 1. The zero-order valence-electron chi connectivity index (χ0n) is 17.3. The fourth-order valence-electron chi connectivity index (χ4n) is 3.13. The minimum absolute atomic E-state index is 0.0285. The van der Waals surface area contributed by atoms with Crippen molar-refractivity contribution in [3.8, 4) is 11.5 Å². The average molecular weight is 410 g/mol. The van der Waals surface area contributed by atoms with Gasteiger partial charge < -0.3 is 9.73 Å². The molecular formula is C23H27N3O2S. The molecule has 1 atom stereocenters. The molecule has 1 amide bonds. The predicted molar refractivity (Wildman–Crippen MR) is 117 cm³/mol. The van der Waals surface area contributed by atoms with Crippen molar-refractivity contribution in [2.45, 2.75) is 45.4 Å². The molecule has 0 bridgehead atoms. The van der Waals surface area contributed by atoms with Gasteiger partial charge in [-0.1, -0.05) is 75.0 Å². The predicted octanol–water partition coefficient (Wildman–Crippen LogP) is 5.21. The van der Waals surface area contributed by atoms with Crippen molar-refractivity contribution < 1.29 is 9.21 Å². The summed E-state index contributed by atoms with van der Waals surface area (Å²) in [7, 11) is 0. The molecule has 0 aliphatic rings. The largest absolute Gasteiger partial charge is 0.411 e. The van der Waals surface area contributed by atoms with Crippen LogP contribution >= 0.6 is 11.8 Å². The van der Waals surface area contributed by atoms with Crippen LogP contribution in [-0.4, -0.2) is 21.9 Å². The quantitative estimate of drug-likeness (QED) is 0.517. The van der Waals surface area contributed by atoms with Gasteiger partial charge >= 0.3 is 0 Å². The van der Waals surface area contributed by atoms with Gasteiger partial charge in [0.25, 0.3) is 5.22 Å². The van der Waals surface area contributed by atoms with E-state index in [1.165, 1.54) is 17.3 Å². The highest BCUT2D eigenvalue weighted by atomic mass is 32.2. The van der Waals surface area contributed by atoms with Gasteiger partial charge in [-0.2, -0.15) is 0 Å². The smallest absolute Gasteiger partial charge is 0.277 e. The number of carbonyl (C=O) groups excluding carboxylic acids is 1. The van der Waals surface area contributed by atoms with Gasteiger partial charge in [-0.3, -0.25) is 4.79 Å². The molecule has 2 aromatic carbocycles. The molecule has 6 heteroatoms. The van der Waals surface area contributed by atoms with Crippen LogP contribution in [0.4, 0.5) is 0 Å². The molecule has 0 radical (unpaired) electrons. The Balaban J connectivity index is 1.60. The van der Waals surface area contributed by atoms with Crippen LogP contribution in [0.2, 0.25) is 0 Å². The van der Waals surface area contributed by atoms with Crippen LogP contribution in [0.15, 0.2) is 58.2 Å². The number of aromatic nitrogens is 2. The van der Waals surface area contributed by atoms with Crippen molar-refractivity contribution >= 4 is 17.7 Å². The van der Waals surface area contributed by atoms with E-state index in [-0.39, 0.29) is 23.6 Å². The van der Waals surface area contributed by atoms with Crippen LogP contribution in [0.3, 0.4) is 0 Å². The molecule has 0 fully saturated rings. The van der Waals surface area contributed by atoms with E-state index in [2.05, 4.69) is 60.6 Å². The topological polar surface area (TPSA) is 68.0 Å². The Morgan fingerprint density at radius 1 is 1.10 bits per heavy atom. The van der Waals surface area contributed by atoms with Crippen LogP contribution < -0.4 is 5.32 Å². The highest BCUT2D eigenvalue weighted by Crippen LogP contribution is 2.26. The molecule has 1 aromatic heterocycles. The van der Waals surface area contributed by atoms with Gasteiger partial charge in [0.1, 0.15) is 0 Å². The average Bonchev–Trinajstić information content (AvgIpc) is 3.19. The molecule has 1 N–H and O–H groups in total. The summed E-state index contributed by atoms with van der Waals surface area (Å²) >= 11 is 1.25. The lowest BCUT2D eigenvalue weighted by atomic mass is 9.95. The Morgan fingerprint density at radius 2 is 1.83 bits per heavy atom. The molecule has 0 spiro atoms. The number of rotatable bonds is 8. The Hall–Kier alpha value is -2.60. The van der Waals surface area contributed by atoms with Crippen LogP contribution in [-0.2, 0) is 11.2 Å². The Labute approximate surface area is 176 Å². The summed E-state index contributed by atoms with van der Waals surface area (Å²) in [6.07, 6.45) is 1.00. The Bertz CT molecular complexity index is 951. The van der Waals surface area contributed by atoms with Gasteiger partial charge in [-0.25, -0.2) is 0 Å². The van der Waals surface area contributed by atoms with Gasteiger partial charge in [-0.15, -0.1) is 10.2 Å². The molecule has 3 aromatic rings. The van der Waals surface area contributed by atoms with Crippen LogP contribution in [0.25, 0.3) is 11.5 Å². The first-order valence-corrected chi connectivity index (χ1v) is 10.9. The molecule has 0 aliphatic carbocycles. The van der Waals surface area contributed by atoms with E-state index in [0.717, 1.165) is 23.1 Å². The van der Waals surface area contributed by atoms with Crippen molar-refractivity contribution in [1.82, 2.24) is 15.5 Å². The summed E-state index contributed by atoms with van der Waals surface area (Å²) < 4.78 is 5.72. The summed E-state index contributed by atoms with van der Waals surface area (Å²) in [4.78, 5) is 12.5. The van der Waals surface area contributed by atoms with E-state index >= 15 is 0 Å². The lowest BCUT2D eigenvalue weighted by Crippen LogP contribution is -2.33. The highest BCUT2D eigenvalue weighted by Gasteiger charge is 2.19. The zero-order chi connectivity index (χ0) is 20.8. The number of thioether (sulfide) groups is 1. The first-order valence-electron chi connectivity index (χ1n) is 9.88. The third kappa shape index (κ3) is 5.48. The van der Waals surface area contributed by atoms with Crippen molar-refractivity contribution in [2.75, 3.05) is 5.75 Å². The lowest BCUT2D eigenvalue weighted by Gasteiger charge is -2.23. The zero-order valence-corrected chi connectivity index (χ0v) is 18.1. The van der Waals surface area contributed by atoms with Gasteiger partial charge in [0.2, 0.25) is 11.8 Å². The third-order valence-corrected chi connectivity index (χ3v) is 5.66. The van der Waals surface area contributed by atoms with E-state index in [4.69, 9.17) is 4.42 Å². The SMILES string of the molecule is CCc1ccc([C@H](NC(=O)CSc2nnc(-c3ccccc3C)o2)C(C)C)cc1. The Morgan fingerprint density at radius 3 is 2.48 bits per heavy atom. The van der Waals surface area contributed by atoms with E-state index < -0.39 is 0 Å². The summed E-state index contributed by atoms with van der Waals surface area (Å²) in [5, 5.41) is 11.7. The van der Waals surface area contributed by atoms with Gasteiger partial charge in [-0.05, 0) is 42.0 Å². The lowest BCUT2D eigenvalue weighted by molar-refractivity contribution is -0.119. The molecule has 29 heavy (non-hydrogen) atoms. The molecule has 5 nitrogen and oxygen atoms in total. The number of carbonyl (C=O) groups is 1. The summed E-state index contributed by atoms with van der Waals surface area (Å²) in [6.45, 7) is 8.35. The van der Waals surface area contributed by atoms with Gasteiger partial charge in [0, 0.05) is 5.56 Å². The fraction of sp³-hybridized carbons (Fsp3) is 0.348. The number of benzene rings is 2. The van der Waals surface area contributed by atoms with Gasteiger partial charge in [0.15, 0.2) is 0 Å². The molecule has 0 unspecified atom stereocenters. The van der Waals surface area contributed by atoms with Crippen LogP contribution in [0.1, 0.15) is 43.5 Å². The summed E-state index contributed by atoms with van der Waals surface area (Å²) in [5.74, 6) is 0.935. The number of aryl methyl sites for hydroxylation is 2. The summed E-state index contributed by atoms with van der Waals surface area (Å²) in [6, 6.07) is 16.3. The van der Waals surface area contributed by atoms with E-state index in [9.17, 15) is 4.79 Å². The van der Waals surface area contributed by atoms with Crippen molar-refractivity contribution in [1.29, 1.82) is 0 Å². The number of nitrogens with zero attached hydrogens (tertiary/aromatic N) is 2. The molecule has 0 saturated heterocycles. The van der Waals surface area contributed by atoms with E-state index in [1.54, 1.807) is 0 Å². The fourth-order valence-corrected chi connectivity index (χ4v) is 3.70. The monoisotopic (exact) mass is 409 g/mol. The van der Waals surface area contributed by atoms with E-state index in [0.29, 0.717) is 11.1 Å². The van der Waals surface area contributed by atoms with Gasteiger partial charge in [0.05, 0.1) is 11.8 Å². The molecule has 3 rings (SSSR count). The third-order valence-electron chi connectivity index (χ3n) is 4.84. The molecular weight excluding hydrogens is 382 g/mol. The second-order valence-corrected chi connectivity index (χ2v) is 8.29. The maximum absolute atomic E-state index is 12.5. The summed E-state index contributed by atoms with van der Waals surface area (Å²) in [5.41, 5.74) is 4.39. The first kappa shape index (κ1) is 21.1. The molecule has 1 heterocycles. The number of hydrogen-bond donors (Lipinski definition) is 1. The maximum atomic E-state index is 12.5. The van der Waals surface area contributed by atoms with Crippen molar-refractivity contribution in [3.05, 3.63) is 65.2 Å². The normalized spacial score (nSPS) is 12.2. The second-order valence-electron chi connectivity index (χ2n) is 7.36. The van der Waals surface area contributed by atoms with Crippen LogP contribution in [0, 0.1) is 12.8 Å². The molecule has 0 aliphatic heterocycles. The molecule has 152 valence electrons. The standard InChI is InChI=1S/C23H27N3O2S/c1-5-17-10-12-18(13-11-17)21(15(2)3)24-20(27)14-29-23-26-25-22(28-23)19-9-7-6-8-16(19)4/h6-13,15,21H,5,14H2,1-4H3,(H,24,27)/t21-/m1/s1. The number of nitrogens with one attached hydrogen (secondary N) is 1. The highest BCUT2D eigenvalue weighted by molar-refractivity contribution is 7.99. The number of hydrogen-bond acceptors (Lipinski definition) is 5. The minimum atomic E-state index is -0.0519.